The largest absolute Gasteiger partial charge is 0.481 e. The van der Waals surface area contributed by atoms with E-state index >= 15 is 0 Å². The van der Waals surface area contributed by atoms with Crippen molar-refractivity contribution in [1.29, 1.82) is 0 Å². The molecule has 3 atom stereocenters. The van der Waals surface area contributed by atoms with Crippen molar-refractivity contribution >= 4 is 11.9 Å². The quantitative estimate of drug-likeness (QED) is 0.500. The van der Waals surface area contributed by atoms with Crippen LogP contribution in [-0.2, 0) is 14.3 Å². The molecular weight excluding hydrogens is 340 g/mol. The fourth-order valence-electron chi connectivity index (χ4n) is 4.31. The lowest BCUT2D eigenvalue weighted by atomic mass is 9.81. The number of aliphatic carboxylic acids is 1. The maximum absolute atomic E-state index is 12.5. The van der Waals surface area contributed by atoms with Crippen LogP contribution in [0.2, 0.25) is 0 Å². The second-order valence-corrected chi connectivity index (χ2v) is 7.65. The van der Waals surface area contributed by atoms with Crippen molar-refractivity contribution in [2.24, 2.45) is 11.8 Å². The van der Waals surface area contributed by atoms with E-state index in [2.05, 4.69) is 5.32 Å². The first-order chi connectivity index (χ1) is 12.4. The highest BCUT2D eigenvalue weighted by Crippen LogP contribution is 2.31. The summed E-state index contributed by atoms with van der Waals surface area (Å²) < 4.78 is 5.19. The summed E-state index contributed by atoms with van der Waals surface area (Å²) in [5, 5.41) is 23.0. The summed E-state index contributed by atoms with van der Waals surface area (Å²) in [5.74, 6) is -0.591. The number of hydrogen-bond acceptors (Lipinski definition) is 5. The van der Waals surface area contributed by atoms with Crippen molar-refractivity contribution < 1.29 is 24.4 Å². The minimum Gasteiger partial charge on any atom is -0.481 e. The Morgan fingerprint density at radius 1 is 1.19 bits per heavy atom. The van der Waals surface area contributed by atoms with Gasteiger partial charge in [-0.3, -0.25) is 19.7 Å². The smallest absolute Gasteiger partial charge is 0.303 e. The normalized spacial score (nSPS) is 32.0. The van der Waals surface area contributed by atoms with Crippen LogP contribution in [0.5, 0.6) is 0 Å². The SMILES string of the molecule is COC1CCC(C(=O)NC2CCC(CCCC(=O)O)CC2)CC1[N+](=O)[O-]. The molecule has 8 nitrogen and oxygen atoms in total. The predicted molar refractivity (Wildman–Crippen MR) is 94.3 cm³/mol. The van der Waals surface area contributed by atoms with Crippen LogP contribution in [0, 0.1) is 22.0 Å². The molecule has 2 N–H and O–H groups in total. The van der Waals surface area contributed by atoms with Gasteiger partial charge in [-0.15, -0.1) is 0 Å². The molecule has 0 aromatic heterocycles. The van der Waals surface area contributed by atoms with Crippen molar-refractivity contribution in [2.75, 3.05) is 7.11 Å². The molecule has 0 aliphatic heterocycles. The predicted octanol–water partition coefficient (Wildman–Crippen LogP) is 2.38. The van der Waals surface area contributed by atoms with Gasteiger partial charge in [-0.25, -0.2) is 0 Å². The number of amides is 1. The van der Waals surface area contributed by atoms with Crippen LogP contribution < -0.4 is 5.32 Å². The van der Waals surface area contributed by atoms with E-state index in [1.807, 2.05) is 0 Å². The minimum atomic E-state index is -0.811. The number of nitro groups is 1. The van der Waals surface area contributed by atoms with Crippen molar-refractivity contribution in [1.82, 2.24) is 5.32 Å². The molecular formula is C18H30N2O6. The third-order valence-corrected chi connectivity index (χ3v) is 5.90. The highest BCUT2D eigenvalue weighted by atomic mass is 16.6. The number of carbonyl (C=O) groups excluding carboxylic acids is 1. The van der Waals surface area contributed by atoms with Crippen LogP contribution in [0.15, 0.2) is 0 Å². The van der Waals surface area contributed by atoms with Crippen LogP contribution in [0.25, 0.3) is 0 Å². The minimum absolute atomic E-state index is 0.0688. The molecule has 2 fully saturated rings. The number of carboxylic acids is 1. The van der Waals surface area contributed by atoms with Crippen molar-refractivity contribution in [2.45, 2.75) is 82.4 Å². The number of hydrogen-bond donors (Lipinski definition) is 2. The summed E-state index contributed by atoms with van der Waals surface area (Å²) in [4.78, 5) is 34.0. The van der Waals surface area contributed by atoms with Gasteiger partial charge in [0.15, 0.2) is 0 Å². The number of rotatable bonds is 8. The van der Waals surface area contributed by atoms with Gasteiger partial charge in [0.05, 0.1) is 0 Å². The average Bonchev–Trinajstić information content (AvgIpc) is 2.62. The van der Waals surface area contributed by atoms with E-state index in [4.69, 9.17) is 9.84 Å². The van der Waals surface area contributed by atoms with Crippen molar-refractivity contribution in [3.05, 3.63) is 10.1 Å². The Balaban J connectivity index is 1.73. The summed E-state index contributed by atoms with van der Waals surface area (Å²) in [6.07, 6.45) is 6.65. The number of carbonyl (C=O) groups is 2. The summed E-state index contributed by atoms with van der Waals surface area (Å²) in [6.45, 7) is 0. The summed E-state index contributed by atoms with van der Waals surface area (Å²) in [5.41, 5.74) is 0. The number of methoxy groups -OCH3 is 1. The zero-order chi connectivity index (χ0) is 19.1. The first-order valence-corrected chi connectivity index (χ1v) is 9.59. The lowest BCUT2D eigenvalue weighted by Gasteiger charge is -2.33. The molecule has 2 saturated carbocycles. The molecule has 1 amide bonds. The van der Waals surface area contributed by atoms with E-state index in [1.165, 1.54) is 7.11 Å². The summed E-state index contributed by atoms with van der Waals surface area (Å²) >= 11 is 0. The Bertz CT molecular complexity index is 504. The van der Waals surface area contributed by atoms with Crippen LogP contribution in [0.3, 0.4) is 0 Å². The zero-order valence-electron chi connectivity index (χ0n) is 15.4. The molecule has 0 saturated heterocycles. The highest BCUT2D eigenvalue weighted by Gasteiger charge is 2.41. The van der Waals surface area contributed by atoms with E-state index in [0.29, 0.717) is 25.2 Å². The van der Waals surface area contributed by atoms with Gasteiger partial charge in [0.2, 0.25) is 11.9 Å². The molecule has 8 heteroatoms. The first-order valence-electron chi connectivity index (χ1n) is 9.59. The fourth-order valence-corrected chi connectivity index (χ4v) is 4.31. The van der Waals surface area contributed by atoms with Gasteiger partial charge >= 0.3 is 5.97 Å². The van der Waals surface area contributed by atoms with Gasteiger partial charge in [0.1, 0.15) is 6.10 Å². The third kappa shape index (κ3) is 5.93. The number of ether oxygens (including phenoxy) is 1. The Kier molecular flexibility index (Phi) is 7.81. The Labute approximate surface area is 153 Å². The lowest BCUT2D eigenvalue weighted by Crippen LogP contribution is -2.47. The van der Waals surface area contributed by atoms with Crippen LogP contribution in [0.1, 0.15) is 64.2 Å². The molecule has 2 aliphatic carbocycles. The van der Waals surface area contributed by atoms with E-state index in [-0.39, 0.29) is 35.6 Å². The molecule has 0 spiro atoms. The maximum Gasteiger partial charge on any atom is 0.303 e. The zero-order valence-corrected chi connectivity index (χ0v) is 15.4. The maximum atomic E-state index is 12.5. The van der Waals surface area contributed by atoms with Gasteiger partial charge < -0.3 is 15.2 Å². The molecule has 0 radical (unpaired) electrons. The number of nitrogens with zero attached hydrogens (tertiary/aromatic N) is 1. The average molecular weight is 370 g/mol. The van der Waals surface area contributed by atoms with E-state index in [1.54, 1.807) is 0 Å². The first kappa shape index (κ1) is 20.6. The fraction of sp³-hybridized carbons (Fsp3) is 0.889. The second kappa shape index (κ2) is 9.85. The highest BCUT2D eigenvalue weighted by molar-refractivity contribution is 5.79. The van der Waals surface area contributed by atoms with E-state index < -0.39 is 18.1 Å². The van der Waals surface area contributed by atoms with E-state index in [9.17, 15) is 19.7 Å². The Morgan fingerprint density at radius 3 is 2.46 bits per heavy atom. The monoisotopic (exact) mass is 370 g/mol. The number of nitrogens with one attached hydrogen (secondary N) is 1. The second-order valence-electron chi connectivity index (χ2n) is 7.65. The molecule has 26 heavy (non-hydrogen) atoms. The molecule has 2 rings (SSSR count). The molecule has 0 aromatic carbocycles. The van der Waals surface area contributed by atoms with Crippen molar-refractivity contribution in [3.63, 3.8) is 0 Å². The van der Waals surface area contributed by atoms with Crippen LogP contribution in [0.4, 0.5) is 0 Å². The molecule has 3 unspecified atom stereocenters. The lowest BCUT2D eigenvalue weighted by molar-refractivity contribution is -0.539. The van der Waals surface area contributed by atoms with Gasteiger partial charge in [-0.05, 0) is 57.3 Å². The summed E-state index contributed by atoms with van der Waals surface area (Å²) in [6, 6.07) is -0.679. The topological polar surface area (TPSA) is 119 Å². The van der Waals surface area contributed by atoms with Crippen LogP contribution >= 0.6 is 0 Å². The standard InChI is InChI=1S/C18H30N2O6/c1-26-16-10-7-13(11-15(16)20(24)25)18(23)19-14-8-5-12(6-9-14)3-2-4-17(21)22/h12-16H,2-11H2,1H3,(H,19,23)(H,21,22). The molecule has 2 aliphatic rings. The van der Waals surface area contributed by atoms with Crippen LogP contribution in [-0.4, -0.2) is 47.2 Å². The Hall–Kier alpha value is -1.70. The Morgan fingerprint density at radius 2 is 1.88 bits per heavy atom. The van der Waals surface area contributed by atoms with Crippen molar-refractivity contribution in [3.8, 4) is 0 Å². The third-order valence-electron chi connectivity index (χ3n) is 5.90. The van der Waals surface area contributed by atoms with Gasteiger partial charge in [-0.2, -0.15) is 0 Å². The molecule has 148 valence electrons. The molecule has 0 bridgehead atoms. The summed E-state index contributed by atoms with van der Waals surface area (Å²) in [7, 11) is 1.48. The van der Waals surface area contributed by atoms with E-state index in [0.717, 1.165) is 32.1 Å². The van der Waals surface area contributed by atoms with Gasteiger partial charge in [0, 0.05) is 36.8 Å². The number of carboxylic acid groups (broad SMARTS) is 1. The van der Waals surface area contributed by atoms with Gasteiger partial charge in [0.25, 0.3) is 0 Å². The molecule has 0 aromatic rings. The molecule has 0 heterocycles. The van der Waals surface area contributed by atoms with Gasteiger partial charge in [-0.1, -0.05) is 0 Å².